The van der Waals surface area contributed by atoms with Gasteiger partial charge >= 0.3 is 0 Å². The summed E-state index contributed by atoms with van der Waals surface area (Å²) in [5, 5.41) is 0. The van der Waals surface area contributed by atoms with Crippen LogP contribution >= 0.6 is 0 Å². The molecule has 5 nitrogen and oxygen atoms in total. The van der Waals surface area contributed by atoms with Crippen LogP contribution in [0.2, 0.25) is 0 Å². The molecule has 1 atom stereocenters. The van der Waals surface area contributed by atoms with Gasteiger partial charge in [0, 0.05) is 32.1 Å². The number of benzene rings is 3. The number of hydrogen-bond acceptors (Lipinski definition) is 4. The first kappa shape index (κ1) is 22.8. The number of piperazine rings is 1. The van der Waals surface area contributed by atoms with Crippen LogP contribution in [0.1, 0.15) is 27.9 Å². The van der Waals surface area contributed by atoms with E-state index in [1.807, 2.05) is 53.4 Å². The normalized spacial score (nSPS) is 16.4. The molecule has 0 unspecified atom stereocenters. The minimum absolute atomic E-state index is 0.0459. The molecule has 0 aliphatic carbocycles. The van der Waals surface area contributed by atoms with Gasteiger partial charge in [0.1, 0.15) is 11.5 Å². The fourth-order valence-corrected chi connectivity index (χ4v) is 4.25. The van der Waals surface area contributed by atoms with E-state index >= 15 is 0 Å². The summed E-state index contributed by atoms with van der Waals surface area (Å²) in [5.41, 5.74) is 2.62. The van der Waals surface area contributed by atoms with Gasteiger partial charge in [0.25, 0.3) is 0 Å². The Bertz CT molecular complexity index is 1090. The van der Waals surface area contributed by atoms with E-state index in [0.717, 1.165) is 18.3 Å². The lowest BCUT2D eigenvalue weighted by atomic mass is 9.99. The van der Waals surface area contributed by atoms with Crippen molar-refractivity contribution in [3.8, 4) is 11.5 Å². The molecule has 1 aliphatic rings. The van der Waals surface area contributed by atoms with Gasteiger partial charge in [-0.15, -0.1) is 0 Å². The van der Waals surface area contributed by atoms with Gasteiger partial charge in [-0.3, -0.25) is 9.59 Å². The fraction of sp³-hybridized carbons (Fsp3) is 0.259. The molecule has 1 fully saturated rings. The fourth-order valence-electron chi connectivity index (χ4n) is 4.25. The van der Waals surface area contributed by atoms with Crippen LogP contribution in [0.3, 0.4) is 0 Å². The highest BCUT2D eigenvalue weighted by Crippen LogP contribution is 2.28. The lowest BCUT2D eigenvalue weighted by Gasteiger charge is -2.41. The van der Waals surface area contributed by atoms with E-state index in [9.17, 15) is 9.59 Å². The van der Waals surface area contributed by atoms with E-state index < -0.39 is 0 Å². The predicted octanol–water partition coefficient (Wildman–Crippen LogP) is 4.06. The summed E-state index contributed by atoms with van der Waals surface area (Å²) >= 11 is 0. The van der Waals surface area contributed by atoms with Crippen molar-refractivity contribution in [2.24, 2.45) is 0 Å². The molecule has 166 valence electrons. The Balaban J connectivity index is 1.44. The Kier molecular flexibility index (Phi) is 7.58. The van der Waals surface area contributed by atoms with Crippen molar-refractivity contribution in [2.75, 3.05) is 19.6 Å². The summed E-state index contributed by atoms with van der Waals surface area (Å²) in [5.74, 6) is 1.28. The van der Waals surface area contributed by atoms with Crippen LogP contribution in [0, 0.1) is 0 Å². The first-order valence-electron chi connectivity index (χ1n) is 11.3. The van der Waals surface area contributed by atoms with Gasteiger partial charge < -0.3 is 14.4 Å². The number of carbonyl (C=O) groups is 2. The zero-order valence-corrected chi connectivity index (χ0v) is 18.6. The molecule has 6 heteroatoms. The smallest absolute Gasteiger partial charge is 0.223 e. The minimum atomic E-state index is 0.0459. The van der Waals surface area contributed by atoms with Crippen molar-refractivity contribution in [3.05, 3.63) is 95.6 Å². The van der Waals surface area contributed by atoms with Crippen molar-refractivity contribution in [3.63, 3.8) is 0 Å². The molecule has 1 heterocycles. The van der Waals surface area contributed by atoms with E-state index in [1.165, 1.54) is 5.56 Å². The van der Waals surface area contributed by atoms with E-state index in [2.05, 4.69) is 12.1 Å². The Hall–Kier alpha value is -3.38. The van der Waals surface area contributed by atoms with Crippen molar-refractivity contribution >= 4 is 20.2 Å². The number of hydrogen-bond donors (Lipinski definition) is 0. The predicted molar refractivity (Wildman–Crippen MR) is 130 cm³/mol. The molecule has 3 aromatic rings. The molecule has 1 aliphatic heterocycles. The number of aldehydes is 1. The maximum atomic E-state index is 13.2. The van der Waals surface area contributed by atoms with E-state index in [-0.39, 0.29) is 11.9 Å². The summed E-state index contributed by atoms with van der Waals surface area (Å²) in [6.07, 6.45) is 2.50. The van der Waals surface area contributed by atoms with Crippen molar-refractivity contribution in [1.29, 1.82) is 0 Å². The highest BCUT2D eigenvalue weighted by atomic mass is 16.5. The maximum Gasteiger partial charge on any atom is 0.223 e. The third-order valence-corrected chi connectivity index (χ3v) is 6.00. The molecule has 0 aromatic heterocycles. The van der Waals surface area contributed by atoms with Gasteiger partial charge in [-0.05, 0) is 42.2 Å². The Morgan fingerprint density at radius 3 is 2.42 bits per heavy atom. The van der Waals surface area contributed by atoms with Gasteiger partial charge in [-0.1, -0.05) is 60.7 Å². The number of aryl methyl sites for hydroxylation is 1. The van der Waals surface area contributed by atoms with Crippen molar-refractivity contribution in [1.82, 2.24) is 9.71 Å². The van der Waals surface area contributed by atoms with Crippen LogP contribution in [0.25, 0.3) is 0 Å². The summed E-state index contributed by atoms with van der Waals surface area (Å²) in [7, 11) is 6.08. The number of ether oxygens (including phenoxy) is 1. The molecule has 3 aromatic carbocycles. The molecule has 0 bridgehead atoms. The van der Waals surface area contributed by atoms with Crippen LogP contribution in [-0.4, -0.2) is 55.6 Å². The molecule has 0 N–H and O–H groups in total. The third-order valence-electron chi connectivity index (χ3n) is 6.00. The van der Waals surface area contributed by atoms with Gasteiger partial charge in [-0.25, -0.2) is 0 Å². The second-order valence-electron chi connectivity index (χ2n) is 8.29. The molecule has 1 saturated heterocycles. The second kappa shape index (κ2) is 11.0. The van der Waals surface area contributed by atoms with Gasteiger partial charge in [0.2, 0.25) is 5.91 Å². The quantitative estimate of drug-likeness (QED) is 0.393. The third kappa shape index (κ3) is 5.90. The maximum absolute atomic E-state index is 13.2. The zero-order chi connectivity index (χ0) is 23.0. The van der Waals surface area contributed by atoms with E-state index in [0.29, 0.717) is 49.5 Å². The molecular weight excluding hydrogens is 411 g/mol. The van der Waals surface area contributed by atoms with Crippen LogP contribution in [0.4, 0.5) is 0 Å². The van der Waals surface area contributed by atoms with Gasteiger partial charge in [-0.2, -0.15) is 0 Å². The Morgan fingerprint density at radius 1 is 0.939 bits per heavy atom. The SMILES string of the molecule is [B]N1CCN(C(=O)CCc2ccccc2Oc2ccccc2C=O)[C@H](Cc2ccccc2)C1. The first-order chi connectivity index (χ1) is 16.1. The molecule has 4 rings (SSSR count). The van der Waals surface area contributed by atoms with Crippen LogP contribution in [0.15, 0.2) is 78.9 Å². The molecule has 0 saturated carbocycles. The number of carbonyl (C=O) groups excluding carboxylic acids is 2. The number of rotatable bonds is 8. The van der Waals surface area contributed by atoms with Crippen LogP contribution in [-0.2, 0) is 17.6 Å². The standard InChI is InChI=1S/C27H27BN2O3/c28-29-16-17-30(24(19-29)18-21-8-2-1-3-9-21)27(32)15-14-22-10-4-6-12-25(22)33-26-13-7-5-11-23(26)20-31/h1-13,20,24H,14-19H2/t24-/m1/s1. The first-order valence-corrected chi connectivity index (χ1v) is 11.3. The van der Waals surface area contributed by atoms with Gasteiger partial charge in [0.05, 0.1) is 5.56 Å². The number of para-hydroxylation sites is 2. The summed E-state index contributed by atoms with van der Waals surface area (Å²) in [4.78, 5) is 28.3. The molecule has 0 spiro atoms. The van der Waals surface area contributed by atoms with Crippen LogP contribution < -0.4 is 4.74 Å². The molecule has 2 radical (unpaired) electrons. The largest absolute Gasteiger partial charge is 0.456 e. The molecular formula is C27H27BN2O3. The lowest BCUT2D eigenvalue weighted by molar-refractivity contribution is -0.135. The average Bonchev–Trinajstić information content (AvgIpc) is 2.84. The summed E-state index contributed by atoms with van der Waals surface area (Å²) in [6.45, 7) is 1.94. The topological polar surface area (TPSA) is 49.9 Å². The second-order valence-corrected chi connectivity index (χ2v) is 8.29. The highest BCUT2D eigenvalue weighted by molar-refractivity contribution is 6.04. The monoisotopic (exact) mass is 438 g/mol. The highest BCUT2D eigenvalue weighted by Gasteiger charge is 2.28. The molecule has 33 heavy (non-hydrogen) atoms. The lowest BCUT2D eigenvalue weighted by Crippen LogP contribution is -2.55. The average molecular weight is 438 g/mol. The molecule has 1 amide bonds. The Morgan fingerprint density at radius 2 is 1.64 bits per heavy atom. The Labute approximate surface area is 196 Å². The van der Waals surface area contributed by atoms with Crippen molar-refractivity contribution in [2.45, 2.75) is 25.3 Å². The number of amides is 1. The van der Waals surface area contributed by atoms with Crippen LogP contribution in [0.5, 0.6) is 11.5 Å². The van der Waals surface area contributed by atoms with Crippen molar-refractivity contribution < 1.29 is 14.3 Å². The van der Waals surface area contributed by atoms with E-state index in [1.54, 1.807) is 23.0 Å². The number of nitrogens with zero attached hydrogens (tertiary/aromatic N) is 2. The summed E-state index contributed by atoms with van der Waals surface area (Å²) in [6, 6.07) is 25.0. The minimum Gasteiger partial charge on any atom is -0.456 e. The zero-order valence-electron chi connectivity index (χ0n) is 18.6. The van der Waals surface area contributed by atoms with Gasteiger partial charge in [0.15, 0.2) is 14.3 Å². The summed E-state index contributed by atoms with van der Waals surface area (Å²) < 4.78 is 6.04. The van der Waals surface area contributed by atoms with E-state index in [4.69, 9.17) is 12.7 Å².